The molecular weight excluding hydrogens is 388 g/mol. The first-order chi connectivity index (χ1) is 13.2. The molecule has 0 fully saturated rings. The highest BCUT2D eigenvalue weighted by molar-refractivity contribution is 7.87. The number of nitrogens with zero attached hydrogens (tertiary/aromatic N) is 2. The van der Waals surface area contributed by atoms with Crippen molar-refractivity contribution in [1.29, 1.82) is 0 Å². The zero-order valence-electron chi connectivity index (χ0n) is 15.4. The Labute approximate surface area is 162 Å². The molecule has 2 aromatic rings. The minimum atomic E-state index is -4.25. The van der Waals surface area contributed by atoms with E-state index in [2.05, 4.69) is 0 Å². The number of non-ortho nitro benzene ring substituents is 1. The van der Waals surface area contributed by atoms with E-state index in [9.17, 15) is 23.3 Å². The van der Waals surface area contributed by atoms with E-state index in [4.69, 9.17) is 8.92 Å². The van der Waals surface area contributed by atoms with Crippen LogP contribution in [0, 0.1) is 10.1 Å². The lowest BCUT2D eigenvalue weighted by Gasteiger charge is -2.17. The molecule has 0 aliphatic carbocycles. The van der Waals surface area contributed by atoms with E-state index >= 15 is 0 Å². The van der Waals surface area contributed by atoms with Crippen LogP contribution < -0.4 is 4.18 Å². The topological polar surface area (TPSA) is 116 Å². The normalized spacial score (nSPS) is 11.1. The molecule has 10 heteroatoms. The van der Waals surface area contributed by atoms with Crippen molar-refractivity contribution in [3.8, 4) is 5.75 Å². The summed E-state index contributed by atoms with van der Waals surface area (Å²) >= 11 is 0. The Bertz CT molecular complexity index is 943. The molecule has 150 valence electrons. The van der Waals surface area contributed by atoms with Crippen LogP contribution in [0.5, 0.6) is 5.75 Å². The second-order valence-corrected chi connectivity index (χ2v) is 7.44. The minimum Gasteiger partial charge on any atom is -0.385 e. The monoisotopic (exact) mass is 408 g/mol. The largest absolute Gasteiger partial charge is 0.385 e. The van der Waals surface area contributed by atoms with Crippen molar-refractivity contribution in [3.05, 3.63) is 64.2 Å². The molecule has 0 saturated carbocycles. The Morgan fingerprint density at radius 3 is 2.46 bits per heavy atom. The Balaban J connectivity index is 2.10. The first-order valence-corrected chi connectivity index (χ1v) is 9.69. The standard InChI is InChI=1S/C18H20N2O7S/c1-19(11-4-12-26-2)18(21)14-7-9-16(10-8-14)27-28(24,25)17-6-3-5-15(13-17)20(22)23/h3,5-10,13H,4,11-12H2,1-2H3. The van der Waals surface area contributed by atoms with Crippen molar-refractivity contribution in [2.45, 2.75) is 11.3 Å². The summed E-state index contributed by atoms with van der Waals surface area (Å²) in [6.07, 6.45) is 0.696. The fourth-order valence-electron chi connectivity index (χ4n) is 2.35. The van der Waals surface area contributed by atoms with Crippen molar-refractivity contribution < 1.29 is 27.1 Å². The van der Waals surface area contributed by atoms with Gasteiger partial charge in [-0.2, -0.15) is 8.42 Å². The molecule has 28 heavy (non-hydrogen) atoms. The van der Waals surface area contributed by atoms with Crippen LogP contribution in [0.1, 0.15) is 16.8 Å². The molecule has 0 aromatic heterocycles. The van der Waals surface area contributed by atoms with Crippen LogP contribution in [0.25, 0.3) is 0 Å². The molecule has 0 spiro atoms. The lowest BCUT2D eigenvalue weighted by Crippen LogP contribution is -2.28. The predicted octanol–water partition coefficient (Wildman–Crippen LogP) is 2.47. The van der Waals surface area contributed by atoms with E-state index in [1.54, 1.807) is 14.2 Å². The summed E-state index contributed by atoms with van der Waals surface area (Å²) in [6, 6.07) is 10.2. The molecule has 0 aliphatic heterocycles. The smallest absolute Gasteiger partial charge is 0.339 e. The fraction of sp³-hybridized carbons (Fsp3) is 0.278. The summed E-state index contributed by atoms with van der Waals surface area (Å²) in [5.74, 6) is -0.228. The van der Waals surface area contributed by atoms with E-state index in [1.165, 1.54) is 47.4 Å². The molecule has 0 unspecified atom stereocenters. The third-order valence-corrected chi connectivity index (χ3v) is 5.06. The van der Waals surface area contributed by atoms with Crippen molar-refractivity contribution in [2.24, 2.45) is 0 Å². The van der Waals surface area contributed by atoms with Crippen molar-refractivity contribution in [2.75, 3.05) is 27.3 Å². The zero-order valence-corrected chi connectivity index (χ0v) is 16.2. The number of benzene rings is 2. The van der Waals surface area contributed by atoms with Crippen LogP contribution >= 0.6 is 0 Å². The van der Waals surface area contributed by atoms with E-state index in [1.807, 2.05) is 0 Å². The van der Waals surface area contributed by atoms with Crippen molar-refractivity contribution >= 4 is 21.7 Å². The van der Waals surface area contributed by atoms with Gasteiger partial charge in [0.2, 0.25) is 0 Å². The van der Waals surface area contributed by atoms with E-state index in [0.717, 1.165) is 6.07 Å². The number of carbonyl (C=O) groups excluding carboxylic acids is 1. The molecule has 2 rings (SSSR count). The van der Waals surface area contributed by atoms with Gasteiger partial charge in [-0.05, 0) is 36.8 Å². The maximum atomic E-state index is 12.3. The summed E-state index contributed by atoms with van der Waals surface area (Å²) in [7, 11) is -1.000. The summed E-state index contributed by atoms with van der Waals surface area (Å²) < 4.78 is 34.6. The average molecular weight is 408 g/mol. The molecule has 0 atom stereocenters. The molecule has 0 aliphatic rings. The summed E-state index contributed by atoms with van der Waals surface area (Å²) in [5, 5.41) is 10.8. The van der Waals surface area contributed by atoms with Gasteiger partial charge in [-0.3, -0.25) is 14.9 Å². The van der Waals surface area contributed by atoms with Gasteiger partial charge in [0.15, 0.2) is 0 Å². The second-order valence-electron chi connectivity index (χ2n) is 5.89. The zero-order chi connectivity index (χ0) is 20.7. The number of methoxy groups -OCH3 is 1. The minimum absolute atomic E-state index is 0.00917. The quantitative estimate of drug-likeness (QED) is 0.271. The van der Waals surface area contributed by atoms with Crippen LogP contribution in [-0.4, -0.2) is 51.5 Å². The van der Waals surface area contributed by atoms with Gasteiger partial charge in [0.1, 0.15) is 10.6 Å². The van der Waals surface area contributed by atoms with Crippen LogP contribution in [0.4, 0.5) is 5.69 Å². The lowest BCUT2D eigenvalue weighted by molar-refractivity contribution is -0.385. The van der Waals surface area contributed by atoms with E-state index in [0.29, 0.717) is 25.1 Å². The van der Waals surface area contributed by atoms with Gasteiger partial charge in [-0.15, -0.1) is 0 Å². The van der Waals surface area contributed by atoms with Gasteiger partial charge in [0.05, 0.1) is 4.92 Å². The predicted molar refractivity (Wildman–Crippen MR) is 101 cm³/mol. The molecule has 0 heterocycles. The van der Waals surface area contributed by atoms with Gasteiger partial charge < -0.3 is 13.8 Å². The number of hydrogen-bond donors (Lipinski definition) is 0. The highest BCUT2D eigenvalue weighted by atomic mass is 32.2. The molecular formula is C18H20N2O7S. The van der Waals surface area contributed by atoms with E-state index < -0.39 is 15.0 Å². The SMILES string of the molecule is COCCCN(C)C(=O)c1ccc(OS(=O)(=O)c2cccc([N+](=O)[O-])c2)cc1. The number of amides is 1. The number of ether oxygens (including phenoxy) is 1. The highest BCUT2D eigenvalue weighted by Gasteiger charge is 2.20. The number of hydrogen-bond acceptors (Lipinski definition) is 7. The first-order valence-electron chi connectivity index (χ1n) is 8.28. The van der Waals surface area contributed by atoms with Gasteiger partial charge in [0.25, 0.3) is 11.6 Å². The molecule has 2 aromatic carbocycles. The molecule has 0 radical (unpaired) electrons. The Hall–Kier alpha value is -2.98. The maximum absolute atomic E-state index is 12.3. The number of carbonyl (C=O) groups is 1. The number of nitro groups is 1. The van der Waals surface area contributed by atoms with Gasteiger partial charge in [0, 0.05) is 45.0 Å². The average Bonchev–Trinajstić information content (AvgIpc) is 2.68. The van der Waals surface area contributed by atoms with Crippen molar-refractivity contribution in [1.82, 2.24) is 4.90 Å². The molecule has 0 bridgehead atoms. The van der Waals surface area contributed by atoms with Crippen LogP contribution in [0.15, 0.2) is 53.4 Å². The Kier molecular flexibility index (Phi) is 7.07. The first kappa shape index (κ1) is 21.3. The Morgan fingerprint density at radius 2 is 1.86 bits per heavy atom. The van der Waals surface area contributed by atoms with Crippen LogP contribution in [0.2, 0.25) is 0 Å². The fourth-order valence-corrected chi connectivity index (χ4v) is 3.32. The Morgan fingerprint density at radius 1 is 1.18 bits per heavy atom. The van der Waals surface area contributed by atoms with Crippen LogP contribution in [0.3, 0.4) is 0 Å². The van der Waals surface area contributed by atoms with E-state index in [-0.39, 0.29) is 22.2 Å². The lowest BCUT2D eigenvalue weighted by atomic mass is 10.2. The third-order valence-electron chi connectivity index (χ3n) is 3.81. The van der Waals surface area contributed by atoms with Crippen LogP contribution in [-0.2, 0) is 14.9 Å². The maximum Gasteiger partial charge on any atom is 0.339 e. The third kappa shape index (κ3) is 5.51. The summed E-state index contributed by atoms with van der Waals surface area (Å²) in [6.45, 7) is 1.06. The highest BCUT2D eigenvalue weighted by Crippen LogP contribution is 2.22. The molecule has 9 nitrogen and oxygen atoms in total. The van der Waals surface area contributed by atoms with Gasteiger partial charge in [-0.1, -0.05) is 6.07 Å². The number of nitro benzene ring substituents is 1. The molecule has 1 amide bonds. The van der Waals surface area contributed by atoms with Gasteiger partial charge >= 0.3 is 10.1 Å². The summed E-state index contributed by atoms with van der Waals surface area (Å²) in [5.41, 5.74) is 0.0159. The summed E-state index contributed by atoms with van der Waals surface area (Å²) in [4.78, 5) is 23.6. The van der Waals surface area contributed by atoms with Crippen molar-refractivity contribution in [3.63, 3.8) is 0 Å². The number of rotatable bonds is 9. The molecule has 0 saturated heterocycles. The van der Waals surface area contributed by atoms with Gasteiger partial charge in [-0.25, -0.2) is 0 Å². The molecule has 0 N–H and O–H groups in total. The second kappa shape index (κ2) is 9.29.